The Morgan fingerprint density at radius 1 is 0.833 bits per heavy atom. The highest BCUT2D eigenvalue weighted by Crippen LogP contribution is 2.13. The van der Waals surface area contributed by atoms with Crippen molar-refractivity contribution in [2.24, 2.45) is 0 Å². The van der Waals surface area contributed by atoms with Crippen molar-refractivity contribution in [2.75, 3.05) is 5.73 Å². The Hall–Kier alpha value is -3.92. The van der Waals surface area contributed by atoms with Crippen LogP contribution >= 0.6 is 15.9 Å². The van der Waals surface area contributed by atoms with Gasteiger partial charge in [0.1, 0.15) is 24.5 Å². The van der Waals surface area contributed by atoms with Crippen molar-refractivity contribution in [1.29, 1.82) is 0 Å². The maximum atomic E-state index is 13.2. The Morgan fingerprint density at radius 2 is 1.36 bits per heavy atom. The highest BCUT2D eigenvalue weighted by molar-refractivity contribution is 9.10. The van der Waals surface area contributed by atoms with Crippen molar-refractivity contribution in [3.8, 4) is 0 Å². The summed E-state index contributed by atoms with van der Waals surface area (Å²) in [5, 5.41) is 14.6. The van der Waals surface area contributed by atoms with Crippen LogP contribution in [0.15, 0.2) is 77.3 Å². The molecule has 10 heteroatoms. The molecule has 2 amide bonds. The van der Waals surface area contributed by atoms with Crippen molar-refractivity contribution in [1.82, 2.24) is 10.6 Å². The third kappa shape index (κ3) is 8.38. The van der Waals surface area contributed by atoms with Crippen LogP contribution in [0.4, 0.5) is 14.9 Å². The highest BCUT2D eigenvalue weighted by atomic mass is 79.9. The predicted octanol–water partition coefficient (Wildman–Crippen LogP) is 3.82. The fourth-order valence-electron chi connectivity index (χ4n) is 3.34. The third-order valence-electron chi connectivity index (χ3n) is 5.28. The summed E-state index contributed by atoms with van der Waals surface area (Å²) < 4.78 is 19.3. The molecule has 0 radical (unpaired) electrons. The van der Waals surface area contributed by atoms with E-state index in [1.54, 1.807) is 48.5 Å². The van der Waals surface area contributed by atoms with Crippen LogP contribution in [-0.2, 0) is 33.8 Å². The van der Waals surface area contributed by atoms with Crippen molar-refractivity contribution in [3.05, 3.63) is 99.8 Å². The van der Waals surface area contributed by atoms with E-state index in [0.29, 0.717) is 16.8 Å². The molecule has 0 aliphatic rings. The van der Waals surface area contributed by atoms with E-state index in [1.807, 2.05) is 0 Å². The predicted molar refractivity (Wildman–Crippen MR) is 135 cm³/mol. The molecule has 3 aromatic carbocycles. The minimum Gasteiger partial charge on any atom is -0.480 e. The van der Waals surface area contributed by atoms with Crippen LogP contribution in [0.1, 0.15) is 16.7 Å². The van der Waals surface area contributed by atoms with Gasteiger partial charge in [-0.3, -0.25) is 4.79 Å². The number of halogens is 2. The Morgan fingerprint density at radius 3 is 1.94 bits per heavy atom. The van der Waals surface area contributed by atoms with E-state index in [2.05, 4.69) is 26.6 Å². The second-order valence-corrected chi connectivity index (χ2v) is 8.99. The van der Waals surface area contributed by atoms with Gasteiger partial charge in [0, 0.05) is 23.0 Å². The van der Waals surface area contributed by atoms with E-state index in [0.717, 1.165) is 10.0 Å². The molecule has 0 bridgehead atoms. The number of carbonyl (C=O) groups excluding carboxylic acids is 2. The number of hydrogen-bond donors (Lipinski definition) is 4. The molecule has 0 unspecified atom stereocenters. The number of benzene rings is 3. The number of carboxylic acids is 1. The van der Waals surface area contributed by atoms with Gasteiger partial charge >= 0.3 is 12.1 Å². The molecule has 0 saturated carbocycles. The maximum absolute atomic E-state index is 13.2. The second-order valence-electron chi connectivity index (χ2n) is 8.08. The Bertz CT molecular complexity index is 1190. The van der Waals surface area contributed by atoms with E-state index in [4.69, 9.17) is 10.5 Å². The quantitative estimate of drug-likeness (QED) is 0.280. The Kier molecular flexibility index (Phi) is 9.40. The van der Waals surface area contributed by atoms with Crippen LogP contribution in [0, 0.1) is 5.82 Å². The molecule has 0 aromatic heterocycles. The first-order chi connectivity index (χ1) is 17.2. The largest absolute Gasteiger partial charge is 0.480 e. The molecular weight excluding hydrogens is 533 g/mol. The van der Waals surface area contributed by atoms with Gasteiger partial charge in [-0.25, -0.2) is 14.0 Å². The molecule has 8 nitrogen and oxygen atoms in total. The van der Waals surface area contributed by atoms with Crippen LogP contribution < -0.4 is 16.4 Å². The smallest absolute Gasteiger partial charge is 0.408 e. The van der Waals surface area contributed by atoms with Gasteiger partial charge in [-0.05, 0) is 53.1 Å². The van der Waals surface area contributed by atoms with Gasteiger partial charge in [-0.15, -0.1) is 0 Å². The van der Waals surface area contributed by atoms with Gasteiger partial charge in [0.15, 0.2) is 0 Å². The summed E-state index contributed by atoms with van der Waals surface area (Å²) in [4.78, 5) is 37.4. The summed E-state index contributed by atoms with van der Waals surface area (Å²) >= 11 is 3.33. The standard InChI is InChI=1S/C26H25BrFN3O5/c27-19-7-1-18(2-8-19)15-36-26(35)31-22(13-17-5-11-21(29)12-6-17)24(32)30-23(25(33)34)14-16-3-9-20(28)10-4-16/h1-12,22-23H,13-15,29H2,(H,30,32)(H,31,35)(H,33,34)/t22-,23-/m0/s1. The average Bonchev–Trinajstić information content (AvgIpc) is 2.85. The second kappa shape index (κ2) is 12.7. The first-order valence-corrected chi connectivity index (χ1v) is 11.8. The normalized spacial score (nSPS) is 12.3. The maximum Gasteiger partial charge on any atom is 0.408 e. The lowest BCUT2D eigenvalue weighted by molar-refractivity contribution is -0.142. The summed E-state index contributed by atoms with van der Waals surface area (Å²) in [7, 11) is 0. The van der Waals surface area contributed by atoms with E-state index >= 15 is 0 Å². The minimum absolute atomic E-state index is 0.0162. The van der Waals surface area contributed by atoms with Gasteiger partial charge in [0.2, 0.25) is 5.91 Å². The summed E-state index contributed by atoms with van der Waals surface area (Å²) in [6.45, 7) is -0.0162. The number of anilines is 1. The number of nitrogen functional groups attached to an aromatic ring is 1. The van der Waals surface area contributed by atoms with Crippen LogP contribution in [0.3, 0.4) is 0 Å². The van der Waals surface area contributed by atoms with Gasteiger partial charge in [-0.2, -0.15) is 0 Å². The van der Waals surface area contributed by atoms with E-state index < -0.39 is 35.9 Å². The Balaban J connectivity index is 1.70. The molecule has 0 aliphatic heterocycles. The summed E-state index contributed by atoms with van der Waals surface area (Å²) in [6.07, 6.45) is -0.828. The van der Waals surface area contributed by atoms with Gasteiger partial charge in [-0.1, -0.05) is 52.3 Å². The van der Waals surface area contributed by atoms with Crippen molar-refractivity contribution in [2.45, 2.75) is 31.5 Å². The highest BCUT2D eigenvalue weighted by Gasteiger charge is 2.27. The molecule has 2 atom stereocenters. The lowest BCUT2D eigenvalue weighted by Crippen LogP contribution is -2.53. The summed E-state index contributed by atoms with van der Waals surface area (Å²) in [5.41, 5.74) is 8.23. The Labute approximate surface area is 215 Å². The average molecular weight is 558 g/mol. The number of amides is 2. The number of nitrogens with two attached hydrogens (primary N) is 1. The molecule has 0 fully saturated rings. The van der Waals surface area contributed by atoms with Gasteiger partial charge < -0.3 is 26.2 Å². The van der Waals surface area contributed by atoms with E-state index in [1.165, 1.54) is 24.3 Å². The third-order valence-corrected chi connectivity index (χ3v) is 5.81. The van der Waals surface area contributed by atoms with Crippen LogP contribution in [0.5, 0.6) is 0 Å². The number of alkyl carbamates (subject to hydrolysis) is 1. The first kappa shape index (κ1) is 26.7. The van der Waals surface area contributed by atoms with Crippen molar-refractivity contribution >= 4 is 39.6 Å². The topological polar surface area (TPSA) is 131 Å². The number of hydrogen-bond acceptors (Lipinski definition) is 5. The van der Waals surface area contributed by atoms with Crippen LogP contribution in [0.2, 0.25) is 0 Å². The van der Waals surface area contributed by atoms with Crippen molar-refractivity contribution in [3.63, 3.8) is 0 Å². The number of carbonyl (C=O) groups is 3. The number of rotatable bonds is 10. The summed E-state index contributed by atoms with van der Waals surface area (Å²) in [5.74, 6) is -2.43. The van der Waals surface area contributed by atoms with Crippen molar-refractivity contribution < 1.29 is 28.6 Å². The van der Waals surface area contributed by atoms with Crippen LogP contribution in [-0.4, -0.2) is 35.2 Å². The molecular formula is C26H25BrFN3O5. The molecule has 5 N–H and O–H groups in total. The zero-order chi connectivity index (χ0) is 26.1. The van der Waals surface area contributed by atoms with Gasteiger partial charge in [0.25, 0.3) is 0 Å². The zero-order valence-corrected chi connectivity index (χ0v) is 20.7. The molecule has 188 valence electrons. The first-order valence-electron chi connectivity index (χ1n) is 11.0. The molecule has 0 heterocycles. The van der Waals surface area contributed by atoms with E-state index in [-0.39, 0.29) is 19.4 Å². The molecule has 0 saturated heterocycles. The molecule has 36 heavy (non-hydrogen) atoms. The number of ether oxygens (including phenoxy) is 1. The molecule has 0 aliphatic carbocycles. The number of carboxylic acid groups (broad SMARTS) is 1. The van der Waals surface area contributed by atoms with Gasteiger partial charge in [0.05, 0.1) is 0 Å². The number of nitrogens with one attached hydrogen (secondary N) is 2. The molecule has 3 rings (SSSR count). The lowest BCUT2D eigenvalue weighted by Gasteiger charge is -2.22. The molecule has 0 spiro atoms. The lowest BCUT2D eigenvalue weighted by atomic mass is 10.0. The summed E-state index contributed by atoms with van der Waals surface area (Å²) in [6, 6.07) is 16.8. The minimum atomic E-state index is -1.29. The monoisotopic (exact) mass is 557 g/mol. The van der Waals surface area contributed by atoms with Crippen LogP contribution in [0.25, 0.3) is 0 Å². The molecule has 3 aromatic rings. The fourth-order valence-corrected chi connectivity index (χ4v) is 3.61. The SMILES string of the molecule is Nc1ccc(C[C@H](NC(=O)OCc2ccc(Br)cc2)C(=O)N[C@@H](Cc2ccc(F)cc2)C(=O)O)cc1. The number of aliphatic carboxylic acids is 1. The zero-order valence-electron chi connectivity index (χ0n) is 19.1. The fraction of sp³-hybridized carbons (Fsp3) is 0.192. The van der Waals surface area contributed by atoms with E-state index in [9.17, 15) is 23.9 Å².